The topological polar surface area (TPSA) is 44.5 Å². The molecule has 1 atom stereocenters. The molecule has 1 fully saturated rings. The quantitative estimate of drug-likeness (QED) is 0.784. The van der Waals surface area contributed by atoms with E-state index in [0.717, 1.165) is 37.7 Å². The first-order chi connectivity index (χ1) is 9.19. The molecule has 0 aliphatic heterocycles. The zero-order valence-electron chi connectivity index (χ0n) is 12.0. The average Bonchev–Trinajstić information content (AvgIpc) is 3.18. The van der Waals surface area contributed by atoms with Crippen molar-refractivity contribution < 1.29 is 9.47 Å². The third-order valence-electron chi connectivity index (χ3n) is 3.43. The first-order valence-electron chi connectivity index (χ1n) is 7.18. The lowest BCUT2D eigenvalue weighted by Crippen LogP contribution is -2.18. The highest BCUT2D eigenvalue weighted by atomic mass is 16.5. The molecule has 0 aromatic heterocycles. The van der Waals surface area contributed by atoms with Gasteiger partial charge in [-0.25, -0.2) is 0 Å². The van der Waals surface area contributed by atoms with Gasteiger partial charge in [-0.3, -0.25) is 0 Å². The van der Waals surface area contributed by atoms with Gasteiger partial charge in [0, 0.05) is 13.2 Å². The van der Waals surface area contributed by atoms with Gasteiger partial charge in [-0.1, -0.05) is 12.1 Å². The minimum Gasteiger partial charge on any atom is -0.493 e. The van der Waals surface area contributed by atoms with Gasteiger partial charge in [0.1, 0.15) is 5.75 Å². The molecule has 0 saturated heterocycles. The van der Waals surface area contributed by atoms with E-state index in [1.165, 1.54) is 24.0 Å². The van der Waals surface area contributed by atoms with Crippen LogP contribution in [0.3, 0.4) is 0 Å². The van der Waals surface area contributed by atoms with Crippen molar-refractivity contribution in [2.24, 2.45) is 11.7 Å². The fourth-order valence-electron chi connectivity index (χ4n) is 2.15. The van der Waals surface area contributed by atoms with Gasteiger partial charge in [-0.05, 0) is 55.7 Å². The van der Waals surface area contributed by atoms with Crippen molar-refractivity contribution in [1.82, 2.24) is 0 Å². The van der Waals surface area contributed by atoms with Crippen LogP contribution in [0, 0.1) is 5.92 Å². The van der Waals surface area contributed by atoms with Crippen LogP contribution in [0.15, 0.2) is 18.2 Å². The molecule has 0 heterocycles. The Balaban J connectivity index is 2.05. The third-order valence-corrected chi connectivity index (χ3v) is 3.43. The Hall–Kier alpha value is -1.06. The summed E-state index contributed by atoms with van der Waals surface area (Å²) >= 11 is 0. The normalized spacial score (nSPS) is 16.4. The van der Waals surface area contributed by atoms with Gasteiger partial charge in [0.05, 0.1) is 13.2 Å². The van der Waals surface area contributed by atoms with Crippen molar-refractivity contribution in [3.05, 3.63) is 29.3 Å². The lowest BCUT2D eigenvalue weighted by Gasteiger charge is -2.14. The molecule has 3 nitrogen and oxygen atoms in total. The van der Waals surface area contributed by atoms with E-state index in [9.17, 15) is 0 Å². The number of ether oxygens (including phenoxy) is 2. The number of methoxy groups -OCH3 is 1. The maximum atomic E-state index is 5.93. The molecular formula is C16H25NO2. The van der Waals surface area contributed by atoms with Gasteiger partial charge in [-0.2, -0.15) is 0 Å². The molecule has 19 heavy (non-hydrogen) atoms. The predicted molar refractivity (Wildman–Crippen MR) is 77.6 cm³/mol. The summed E-state index contributed by atoms with van der Waals surface area (Å²) in [4.78, 5) is 0. The van der Waals surface area contributed by atoms with Crippen molar-refractivity contribution in [3.63, 3.8) is 0 Å². The van der Waals surface area contributed by atoms with E-state index in [2.05, 4.69) is 18.2 Å². The molecule has 3 heteroatoms. The van der Waals surface area contributed by atoms with Crippen LogP contribution < -0.4 is 10.5 Å². The van der Waals surface area contributed by atoms with Crippen LogP contribution in [0.4, 0.5) is 0 Å². The molecule has 2 N–H and O–H groups in total. The Kier molecular flexibility index (Phi) is 5.23. The smallest absolute Gasteiger partial charge is 0.122 e. The van der Waals surface area contributed by atoms with Gasteiger partial charge in [0.15, 0.2) is 0 Å². The van der Waals surface area contributed by atoms with Crippen LogP contribution in [0.25, 0.3) is 0 Å². The first-order valence-corrected chi connectivity index (χ1v) is 7.18. The summed E-state index contributed by atoms with van der Waals surface area (Å²) < 4.78 is 11.1. The van der Waals surface area contributed by atoms with Crippen molar-refractivity contribution in [2.45, 2.75) is 38.6 Å². The number of nitrogens with two attached hydrogens (primary N) is 1. The summed E-state index contributed by atoms with van der Waals surface area (Å²) in [6, 6.07) is 6.59. The fourth-order valence-corrected chi connectivity index (χ4v) is 2.15. The second-order valence-electron chi connectivity index (χ2n) is 5.62. The van der Waals surface area contributed by atoms with Crippen molar-refractivity contribution in [1.29, 1.82) is 0 Å². The van der Waals surface area contributed by atoms with Gasteiger partial charge in [-0.15, -0.1) is 0 Å². The zero-order chi connectivity index (χ0) is 13.7. The molecule has 0 bridgehead atoms. The summed E-state index contributed by atoms with van der Waals surface area (Å²) in [5.74, 6) is 1.78. The second-order valence-corrected chi connectivity index (χ2v) is 5.62. The van der Waals surface area contributed by atoms with E-state index in [1.54, 1.807) is 7.11 Å². The zero-order valence-corrected chi connectivity index (χ0v) is 12.0. The van der Waals surface area contributed by atoms with Gasteiger partial charge < -0.3 is 15.2 Å². The van der Waals surface area contributed by atoms with Gasteiger partial charge in [0.25, 0.3) is 0 Å². The highest BCUT2D eigenvalue weighted by Gasteiger charge is 2.22. The van der Waals surface area contributed by atoms with Crippen molar-refractivity contribution in [3.8, 4) is 5.75 Å². The molecule has 1 aromatic rings. The number of benzene rings is 1. The fraction of sp³-hybridized carbons (Fsp3) is 0.625. The van der Waals surface area contributed by atoms with E-state index in [0.29, 0.717) is 0 Å². The molecule has 0 radical (unpaired) electrons. The lowest BCUT2D eigenvalue weighted by atomic mass is 10.0. The predicted octanol–water partition coefficient (Wildman–Crippen LogP) is 2.55. The van der Waals surface area contributed by atoms with E-state index in [4.69, 9.17) is 15.2 Å². The largest absolute Gasteiger partial charge is 0.493 e. The minimum atomic E-state index is 0.154. The van der Waals surface area contributed by atoms with Crippen LogP contribution in [-0.2, 0) is 17.6 Å². The van der Waals surface area contributed by atoms with E-state index < -0.39 is 0 Å². The molecule has 106 valence electrons. The summed E-state index contributed by atoms with van der Waals surface area (Å²) in [5, 5.41) is 0. The molecule has 1 aliphatic rings. The highest BCUT2D eigenvalue weighted by molar-refractivity contribution is 5.38. The summed E-state index contributed by atoms with van der Waals surface area (Å²) in [7, 11) is 1.73. The van der Waals surface area contributed by atoms with E-state index in [-0.39, 0.29) is 6.04 Å². The lowest BCUT2D eigenvalue weighted by molar-refractivity contribution is 0.202. The van der Waals surface area contributed by atoms with Crippen molar-refractivity contribution >= 4 is 0 Å². The molecule has 1 aromatic carbocycles. The molecule has 1 saturated carbocycles. The van der Waals surface area contributed by atoms with Gasteiger partial charge >= 0.3 is 0 Å². The first kappa shape index (κ1) is 14.4. The summed E-state index contributed by atoms with van der Waals surface area (Å²) in [6.07, 6.45) is 4.43. The molecular weight excluding hydrogens is 238 g/mol. The Bertz CT molecular complexity index is 400. The average molecular weight is 263 g/mol. The maximum Gasteiger partial charge on any atom is 0.122 e. The van der Waals surface area contributed by atoms with Crippen LogP contribution >= 0.6 is 0 Å². The Morgan fingerprint density at radius 2 is 2.16 bits per heavy atom. The van der Waals surface area contributed by atoms with Crippen molar-refractivity contribution in [2.75, 3.05) is 20.3 Å². The van der Waals surface area contributed by atoms with Crippen LogP contribution in [-0.4, -0.2) is 26.4 Å². The molecule has 1 unspecified atom stereocenters. The maximum absolute atomic E-state index is 5.93. The number of hydrogen-bond acceptors (Lipinski definition) is 3. The third kappa shape index (κ3) is 4.84. The van der Waals surface area contributed by atoms with Gasteiger partial charge in [0.2, 0.25) is 0 Å². The standard InChI is InChI=1S/C16H25NO2/c1-12(17)9-15-10-13(7-8-18-2)5-6-16(15)19-11-14-3-4-14/h5-6,10,12,14H,3-4,7-9,11,17H2,1-2H3. The highest BCUT2D eigenvalue weighted by Crippen LogP contribution is 2.31. The monoisotopic (exact) mass is 263 g/mol. The summed E-state index contributed by atoms with van der Waals surface area (Å²) in [6.45, 7) is 3.63. The molecule has 0 amide bonds. The second kappa shape index (κ2) is 6.92. The number of hydrogen-bond donors (Lipinski definition) is 1. The molecule has 2 rings (SSSR count). The van der Waals surface area contributed by atoms with Crippen LogP contribution in [0.1, 0.15) is 30.9 Å². The van der Waals surface area contributed by atoms with E-state index in [1.807, 2.05) is 6.92 Å². The Morgan fingerprint density at radius 3 is 2.79 bits per heavy atom. The SMILES string of the molecule is COCCc1ccc(OCC2CC2)c(CC(C)N)c1. The van der Waals surface area contributed by atoms with Crippen LogP contribution in [0.2, 0.25) is 0 Å². The number of rotatable bonds is 8. The minimum absolute atomic E-state index is 0.154. The Labute approximate surface area is 116 Å². The summed E-state index contributed by atoms with van der Waals surface area (Å²) in [5.41, 5.74) is 8.45. The molecule has 0 spiro atoms. The van der Waals surface area contributed by atoms with E-state index >= 15 is 0 Å². The Morgan fingerprint density at radius 1 is 1.37 bits per heavy atom. The van der Waals surface area contributed by atoms with Crippen LogP contribution in [0.5, 0.6) is 5.75 Å². The molecule has 1 aliphatic carbocycles.